The summed E-state index contributed by atoms with van der Waals surface area (Å²) >= 11 is 0. The van der Waals surface area contributed by atoms with Crippen LogP contribution in [0.1, 0.15) is 123 Å². The molecule has 226 valence electrons. The molecule has 0 fully saturated rings. The Hall–Kier alpha value is -2.88. The van der Waals surface area contributed by atoms with E-state index >= 15 is 0 Å². The van der Waals surface area contributed by atoms with Crippen molar-refractivity contribution in [3.8, 4) is 5.75 Å². The third-order valence-corrected chi connectivity index (χ3v) is 8.54. The van der Waals surface area contributed by atoms with Gasteiger partial charge in [-0.15, -0.1) is 0 Å². The molecule has 3 rings (SSSR count). The SMILES string of the molecule is C=C(CC1(c2ccc(C)c(C)c2)C(=O)Oc2c(C(C)(C)C)cc(C(C)(C)C)cc21)C(=O)OCC.CC(C)C(C)(C)C. The van der Waals surface area contributed by atoms with Crippen LogP contribution in [-0.2, 0) is 30.6 Å². The van der Waals surface area contributed by atoms with Crippen molar-refractivity contribution in [2.24, 2.45) is 11.3 Å². The molecular weight excluding hydrogens is 508 g/mol. The van der Waals surface area contributed by atoms with Crippen molar-refractivity contribution in [2.45, 2.75) is 120 Å². The number of ether oxygens (including phenoxy) is 2. The van der Waals surface area contributed by atoms with E-state index < -0.39 is 11.4 Å². The van der Waals surface area contributed by atoms with Gasteiger partial charge in [-0.2, -0.15) is 0 Å². The zero-order valence-corrected chi connectivity index (χ0v) is 28.2. The van der Waals surface area contributed by atoms with Gasteiger partial charge in [0.2, 0.25) is 0 Å². The van der Waals surface area contributed by atoms with Crippen LogP contribution in [0.15, 0.2) is 42.5 Å². The highest BCUT2D eigenvalue weighted by molar-refractivity contribution is 5.98. The van der Waals surface area contributed by atoms with E-state index in [-0.39, 0.29) is 35.4 Å². The largest absolute Gasteiger partial charge is 0.463 e. The van der Waals surface area contributed by atoms with Crippen LogP contribution in [-0.4, -0.2) is 18.5 Å². The standard InChI is InChI=1S/C30H38O4.C7H16/c1-11-33-26(31)20(4)17-30(21-13-12-18(2)19(3)14-21)24-16-22(28(5,6)7)15-23(29(8,9)10)25(24)34-27(30)32;1-6(2)7(3,4)5/h12-16H,4,11,17H2,1-3,5-10H3;6H,1-5H3. The van der Waals surface area contributed by atoms with Crippen LogP contribution in [0.5, 0.6) is 5.75 Å². The Morgan fingerprint density at radius 1 is 0.927 bits per heavy atom. The molecule has 0 aliphatic carbocycles. The molecule has 0 N–H and O–H groups in total. The molecule has 1 aliphatic heterocycles. The van der Waals surface area contributed by atoms with Crippen molar-refractivity contribution in [2.75, 3.05) is 6.61 Å². The predicted molar refractivity (Wildman–Crippen MR) is 171 cm³/mol. The zero-order chi connectivity index (χ0) is 31.7. The quantitative estimate of drug-likeness (QED) is 0.207. The van der Waals surface area contributed by atoms with E-state index in [9.17, 15) is 9.59 Å². The van der Waals surface area contributed by atoms with E-state index in [1.165, 1.54) is 0 Å². The minimum Gasteiger partial charge on any atom is -0.463 e. The highest BCUT2D eigenvalue weighted by Gasteiger charge is 2.53. The van der Waals surface area contributed by atoms with Crippen LogP contribution >= 0.6 is 0 Å². The second-order valence-electron chi connectivity index (χ2n) is 15.0. The highest BCUT2D eigenvalue weighted by Crippen LogP contribution is 2.53. The maximum absolute atomic E-state index is 13.9. The lowest BCUT2D eigenvalue weighted by Gasteiger charge is -2.31. The lowest BCUT2D eigenvalue weighted by Crippen LogP contribution is -2.37. The van der Waals surface area contributed by atoms with Crippen molar-refractivity contribution in [3.05, 3.63) is 75.9 Å². The molecule has 0 aromatic heterocycles. The molecule has 1 aliphatic rings. The summed E-state index contributed by atoms with van der Waals surface area (Å²) in [7, 11) is 0. The Labute approximate surface area is 249 Å². The van der Waals surface area contributed by atoms with Gasteiger partial charge in [-0.3, -0.25) is 4.79 Å². The van der Waals surface area contributed by atoms with Gasteiger partial charge in [-0.1, -0.05) is 113 Å². The molecule has 4 nitrogen and oxygen atoms in total. The van der Waals surface area contributed by atoms with Gasteiger partial charge < -0.3 is 9.47 Å². The topological polar surface area (TPSA) is 52.6 Å². The summed E-state index contributed by atoms with van der Waals surface area (Å²) in [6, 6.07) is 10.3. The number of fused-ring (bicyclic) bond motifs is 1. The molecule has 2 aromatic rings. The first kappa shape index (κ1) is 34.3. The molecule has 0 spiro atoms. The number of carbonyl (C=O) groups excluding carboxylic acids is 2. The molecule has 0 saturated carbocycles. The Bertz CT molecular complexity index is 1290. The molecular formula is C37H54O4. The number of esters is 2. The third-order valence-electron chi connectivity index (χ3n) is 8.54. The first-order valence-corrected chi connectivity index (χ1v) is 14.9. The number of benzene rings is 2. The second-order valence-corrected chi connectivity index (χ2v) is 15.0. The number of hydrogen-bond donors (Lipinski definition) is 0. The first-order chi connectivity index (χ1) is 18.6. The fourth-order valence-electron chi connectivity index (χ4n) is 4.51. The van der Waals surface area contributed by atoms with E-state index in [0.717, 1.165) is 39.3 Å². The smallest absolute Gasteiger partial charge is 0.333 e. The van der Waals surface area contributed by atoms with E-state index in [1.54, 1.807) is 6.92 Å². The molecule has 0 radical (unpaired) electrons. The maximum atomic E-state index is 13.9. The molecule has 0 amide bonds. The Morgan fingerprint density at radius 2 is 1.49 bits per heavy atom. The Morgan fingerprint density at radius 3 is 1.93 bits per heavy atom. The van der Waals surface area contributed by atoms with Gasteiger partial charge in [-0.05, 0) is 65.2 Å². The average molecular weight is 563 g/mol. The summed E-state index contributed by atoms with van der Waals surface area (Å²) in [6.07, 6.45) is 0.0946. The Kier molecular flexibility index (Phi) is 10.2. The summed E-state index contributed by atoms with van der Waals surface area (Å²) in [4.78, 5) is 26.5. The normalized spacial score (nSPS) is 17.0. The summed E-state index contributed by atoms with van der Waals surface area (Å²) in [5, 5.41) is 0. The Balaban J connectivity index is 0.000000745. The van der Waals surface area contributed by atoms with Gasteiger partial charge in [0, 0.05) is 23.1 Å². The molecule has 0 saturated heterocycles. The van der Waals surface area contributed by atoms with Gasteiger partial charge in [0.25, 0.3) is 0 Å². The van der Waals surface area contributed by atoms with Gasteiger partial charge in [0.15, 0.2) is 0 Å². The van der Waals surface area contributed by atoms with Gasteiger partial charge in [-0.25, -0.2) is 4.79 Å². The van der Waals surface area contributed by atoms with E-state index in [1.807, 2.05) is 32.0 Å². The molecule has 2 aromatic carbocycles. The number of aryl methyl sites for hydroxylation is 2. The van der Waals surface area contributed by atoms with Crippen molar-refractivity contribution in [1.29, 1.82) is 0 Å². The summed E-state index contributed by atoms with van der Waals surface area (Å²) in [5.74, 6) is 0.524. The summed E-state index contributed by atoms with van der Waals surface area (Å²) in [6.45, 7) is 34.2. The van der Waals surface area contributed by atoms with Gasteiger partial charge >= 0.3 is 11.9 Å². The van der Waals surface area contributed by atoms with Crippen molar-refractivity contribution >= 4 is 11.9 Å². The monoisotopic (exact) mass is 562 g/mol. The maximum Gasteiger partial charge on any atom is 0.333 e. The van der Waals surface area contributed by atoms with Crippen molar-refractivity contribution < 1.29 is 19.1 Å². The van der Waals surface area contributed by atoms with Gasteiger partial charge in [0.05, 0.1) is 6.61 Å². The van der Waals surface area contributed by atoms with Crippen LogP contribution in [0.4, 0.5) is 0 Å². The fraction of sp³-hybridized carbons (Fsp3) is 0.568. The summed E-state index contributed by atoms with van der Waals surface area (Å²) < 4.78 is 11.3. The van der Waals surface area contributed by atoms with E-state index in [2.05, 4.69) is 94.9 Å². The minimum atomic E-state index is -1.18. The van der Waals surface area contributed by atoms with Gasteiger partial charge in [0.1, 0.15) is 11.2 Å². The summed E-state index contributed by atoms with van der Waals surface area (Å²) in [5.41, 5.74) is 5.08. The molecule has 0 bridgehead atoms. The third kappa shape index (κ3) is 7.50. The molecule has 41 heavy (non-hydrogen) atoms. The number of hydrogen-bond acceptors (Lipinski definition) is 4. The van der Waals surface area contributed by atoms with Crippen LogP contribution in [0.25, 0.3) is 0 Å². The molecule has 1 heterocycles. The van der Waals surface area contributed by atoms with Crippen LogP contribution in [0.2, 0.25) is 0 Å². The number of rotatable bonds is 5. The van der Waals surface area contributed by atoms with Crippen molar-refractivity contribution in [3.63, 3.8) is 0 Å². The van der Waals surface area contributed by atoms with Crippen LogP contribution in [0, 0.1) is 25.2 Å². The molecule has 1 atom stereocenters. The lowest BCUT2D eigenvalue weighted by molar-refractivity contribution is -0.139. The fourth-order valence-corrected chi connectivity index (χ4v) is 4.51. The van der Waals surface area contributed by atoms with Crippen molar-refractivity contribution in [1.82, 2.24) is 0 Å². The zero-order valence-electron chi connectivity index (χ0n) is 28.2. The second kappa shape index (κ2) is 12.2. The minimum absolute atomic E-state index is 0.0946. The van der Waals surface area contributed by atoms with E-state index in [4.69, 9.17) is 9.47 Å². The number of carbonyl (C=O) groups is 2. The predicted octanol–water partition coefficient (Wildman–Crippen LogP) is 9.30. The first-order valence-electron chi connectivity index (χ1n) is 14.9. The van der Waals surface area contributed by atoms with Crippen LogP contribution < -0.4 is 4.74 Å². The average Bonchev–Trinajstić information content (AvgIpc) is 3.10. The molecule has 4 heteroatoms. The highest BCUT2D eigenvalue weighted by atomic mass is 16.5. The van der Waals surface area contributed by atoms with E-state index in [0.29, 0.717) is 11.2 Å². The van der Waals surface area contributed by atoms with Crippen LogP contribution in [0.3, 0.4) is 0 Å². The molecule has 1 unspecified atom stereocenters. The lowest BCUT2D eigenvalue weighted by atomic mass is 9.68.